The van der Waals surface area contributed by atoms with E-state index in [0.717, 1.165) is 24.0 Å². The maximum absolute atomic E-state index is 12.3. The first kappa shape index (κ1) is 19.2. The number of esters is 2. The number of allylic oxidation sites excluding steroid dienone is 2. The summed E-state index contributed by atoms with van der Waals surface area (Å²) in [6.07, 6.45) is 6.77. The third-order valence-corrected chi connectivity index (χ3v) is 4.64. The zero-order valence-electron chi connectivity index (χ0n) is 15.1. The smallest absolute Gasteiger partial charge is 0.334 e. The van der Waals surface area contributed by atoms with Crippen LogP contribution in [-0.4, -0.2) is 35.9 Å². The van der Waals surface area contributed by atoms with Crippen molar-refractivity contribution in [2.24, 2.45) is 5.92 Å². The molecule has 2 rings (SSSR count). The zero-order chi connectivity index (χ0) is 18.6. The van der Waals surface area contributed by atoms with Crippen molar-refractivity contribution in [2.45, 2.75) is 52.2 Å². The van der Waals surface area contributed by atoms with E-state index in [-0.39, 0.29) is 6.61 Å². The maximum atomic E-state index is 12.3. The Morgan fingerprint density at radius 2 is 2.16 bits per heavy atom. The van der Waals surface area contributed by atoms with Gasteiger partial charge < -0.3 is 14.6 Å². The molecule has 0 unspecified atom stereocenters. The van der Waals surface area contributed by atoms with Crippen molar-refractivity contribution in [3.05, 3.63) is 47.1 Å². The molecule has 136 valence electrons. The van der Waals surface area contributed by atoms with Crippen LogP contribution in [0.4, 0.5) is 0 Å². The first-order valence-electron chi connectivity index (χ1n) is 8.54. The standard InChI is InChI=1S/C20H26O5/c1-12-6-5-7-13(2)11-17-18(15(4)20(23)25-17)16(10-12)24-19(22)14(3)8-9-21/h6,8,11,16-18,21H,4-5,7,9-10H2,1-3H3/b12-6+,13-11+,14-8+/t16-,17+,18-/m1/s1. The highest BCUT2D eigenvalue weighted by Crippen LogP contribution is 2.36. The molecular weight excluding hydrogens is 320 g/mol. The Morgan fingerprint density at radius 3 is 2.84 bits per heavy atom. The molecule has 3 atom stereocenters. The Hall–Kier alpha value is -2.14. The number of carbonyl (C=O) groups is 2. The number of hydrogen-bond acceptors (Lipinski definition) is 5. The van der Waals surface area contributed by atoms with Gasteiger partial charge in [0.1, 0.15) is 12.2 Å². The minimum atomic E-state index is -0.545. The van der Waals surface area contributed by atoms with Crippen LogP contribution in [-0.2, 0) is 19.1 Å². The predicted octanol–water partition coefficient (Wildman–Crippen LogP) is 3.01. The topological polar surface area (TPSA) is 72.8 Å². The molecule has 1 heterocycles. The number of rotatable bonds is 3. The number of aliphatic hydroxyl groups excluding tert-OH is 1. The Morgan fingerprint density at radius 1 is 1.44 bits per heavy atom. The fraction of sp³-hybridized carbons (Fsp3) is 0.500. The van der Waals surface area contributed by atoms with E-state index in [0.29, 0.717) is 17.6 Å². The summed E-state index contributed by atoms with van der Waals surface area (Å²) in [5.74, 6) is -1.35. The number of hydrogen-bond donors (Lipinski definition) is 1. The third-order valence-electron chi connectivity index (χ3n) is 4.64. The van der Waals surface area contributed by atoms with Gasteiger partial charge in [-0.25, -0.2) is 9.59 Å². The number of aliphatic hydroxyl groups is 1. The molecule has 0 amide bonds. The van der Waals surface area contributed by atoms with Crippen molar-refractivity contribution in [1.82, 2.24) is 0 Å². The molecule has 1 aliphatic carbocycles. The SMILES string of the molecule is C=C1C(=O)O[C@H]2/C=C(\C)CC/C=C(\C)C[C@@H](OC(=O)/C(C)=C/CO)[C@@H]12. The van der Waals surface area contributed by atoms with Crippen LogP contribution in [0, 0.1) is 5.92 Å². The van der Waals surface area contributed by atoms with Crippen molar-refractivity contribution >= 4 is 11.9 Å². The van der Waals surface area contributed by atoms with E-state index in [1.54, 1.807) is 6.92 Å². The maximum Gasteiger partial charge on any atom is 0.334 e. The van der Waals surface area contributed by atoms with Gasteiger partial charge in [-0.2, -0.15) is 0 Å². The second-order valence-corrected chi connectivity index (χ2v) is 6.74. The third kappa shape index (κ3) is 4.69. The average Bonchev–Trinajstić information content (AvgIpc) is 2.80. The van der Waals surface area contributed by atoms with E-state index in [2.05, 4.69) is 12.7 Å². The molecular formula is C20H26O5. The van der Waals surface area contributed by atoms with E-state index >= 15 is 0 Å². The summed E-state index contributed by atoms with van der Waals surface area (Å²) in [5, 5.41) is 8.96. The van der Waals surface area contributed by atoms with Gasteiger partial charge in [0, 0.05) is 17.6 Å². The van der Waals surface area contributed by atoms with E-state index < -0.39 is 30.1 Å². The molecule has 0 saturated carbocycles. The molecule has 0 radical (unpaired) electrons. The second kappa shape index (κ2) is 8.30. The fourth-order valence-electron chi connectivity index (χ4n) is 3.18. The van der Waals surface area contributed by atoms with Crippen LogP contribution in [0.25, 0.3) is 0 Å². The Bertz CT molecular complexity index is 653. The molecule has 5 heteroatoms. The summed E-state index contributed by atoms with van der Waals surface area (Å²) in [4.78, 5) is 24.4. The summed E-state index contributed by atoms with van der Waals surface area (Å²) in [6, 6.07) is 0. The van der Waals surface area contributed by atoms with Gasteiger partial charge in [0.25, 0.3) is 0 Å². The number of fused-ring (bicyclic) bond motifs is 1. The molecule has 0 aromatic rings. The summed E-state index contributed by atoms with van der Waals surface area (Å²) in [6.45, 7) is 9.23. The molecule has 0 aromatic carbocycles. The molecule has 1 aliphatic heterocycles. The normalized spacial score (nSPS) is 32.0. The second-order valence-electron chi connectivity index (χ2n) is 6.74. The van der Waals surface area contributed by atoms with Gasteiger partial charge in [-0.1, -0.05) is 23.8 Å². The molecule has 1 N–H and O–H groups in total. The number of carbonyl (C=O) groups excluding carboxylic acids is 2. The Labute approximate surface area is 148 Å². The summed E-state index contributed by atoms with van der Waals surface area (Å²) >= 11 is 0. The lowest BCUT2D eigenvalue weighted by molar-refractivity contribution is -0.147. The fourth-order valence-corrected chi connectivity index (χ4v) is 3.18. The van der Waals surface area contributed by atoms with Crippen LogP contribution in [0.1, 0.15) is 40.0 Å². The highest BCUT2D eigenvalue weighted by Gasteiger charge is 2.44. The molecule has 0 spiro atoms. The molecule has 1 saturated heterocycles. The van der Waals surface area contributed by atoms with Crippen molar-refractivity contribution in [1.29, 1.82) is 0 Å². The lowest BCUT2D eigenvalue weighted by Crippen LogP contribution is -2.33. The van der Waals surface area contributed by atoms with Gasteiger partial charge in [-0.05, 0) is 45.8 Å². The molecule has 25 heavy (non-hydrogen) atoms. The van der Waals surface area contributed by atoms with Crippen LogP contribution in [0.3, 0.4) is 0 Å². The molecule has 0 aromatic heterocycles. The van der Waals surface area contributed by atoms with Crippen LogP contribution in [0.5, 0.6) is 0 Å². The zero-order valence-corrected chi connectivity index (χ0v) is 15.1. The van der Waals surface area contributed by atoms with E-state index in [1.807, 2.05) is 19.9 Å². The highest BCUT2D eigenvalue weighted by molar-refractivity contribution is 5.92. The van der Waals surface area contributed by atoms with E-state index in [9.17, 15) is 9.59 Å². The van der Waals surface area contributed by atoms with Crippen LogP contribution >= 0.6 is 0 Å². The largest absolute Gasteiger partial charge is 0.458 e. The van der Waals surface area contributed by atoms with Crippen molar-refractivity contribution in [3.63, 3.8) is 0 Å². The monoisotopic (exact) mass is 346 g/mol. The minimum absolute atomic E-state index is 0.229. The van der Waals surface area contributed by atoms with Crippen molar-refractivity contribution in [3.8, 4) is 0 Å². The molecule has 5 nitrogen and oxygen atoms in total. The number of ether oxygens (including phenoxy) is 2. The summed E-state index contributed by atoms with van der Waals surface area (Å²) in [5.41, 5.74) is 2.90. The van der Waals surface area contributed by atoms with E-state index in [4.69, 9.17) is 14.6 Å². The van der Waals surface area contributed by atoms with Gasteiger partial charge in [0.15, 0.2) is 0 Å². The van der Waals surface area contributed by atoms with Crippen molar-refractivity contribution in [2.75, 3.05) is 6.61 Å². The lowest BCUT2D eigenvalue weighted by Gasteiger charge is -2.27. The van der Waals surface area contributed by atoms with Gasteiger partial charge >= 0.3 is 11.9 Å². The summed E-state index contributed by atoms with van der Waals surface area (Å²) in [7, 11) is 0. The molecule has 1 fully saturated rings. The molecule has 0 bridgehead atoms. The minimum Gasteiger partial charge on any atom is -0.458 e. The Kier molecular flexibility index (Phi) is 6.37. The Balaban J connectivity index is 2.36. The van der Waals surface area contributed by atoms with Crippen LogP contribution < -0.4 is 0 Å². The van der Waals surface area contributed by atoms with E-state index in [1.165, 1.54) is 6.08 Å². The van der Waals surface area contributed by atoms with Crippen LogP contribution in [0.15, 0.2) is 47.1 Å². The summed E-state index contributed by atoms with van der Waals surface area (Å²) < 4.78 is 11.1. The van der Waals surface area contributed by atoms with Gasteiger partial charge in [-0.15, -0.1) is 0 Å². The average molecular weight is 346 g/mol. The first-order valence-corrected chi connectivity index (χ1v) is 8.54. The first-order chi connectivity index (χ1) is 11.8. The quantitative estimate of drug-likeness (QED) is 0.483. The van der Waals surface area contributed by atoms with Gasteiger partial charge in [-0.3, -0.25) is 0 Å². The predicted molar refractivity (Wildman–Crippen MR) is 94.6 cm³/mol. The molecule has 2 aliphatic rings. The van der Waals surface area contributed by atoms with Gasteiger partial charge in [0.2, 0.25) is 0 Å². The lowest BCUT2D eigenvalue weighted by atomic mass is 9.85. The van der Waals surface area contributed by atoms with Crippen molar-refractivity contribution < 1.29 is 24.2 Å². The highest BCUT2D eigenvalue weighted by atomic mass is 16.6. The van der Waals surface area contributed by atoms with Crippen LogP contribution in [0.2, 0.25) is 0 Å². The van der Waals surface area contributed by atoms with Gasteiger partial charge in [0.05, 0.1) is 12.5 Å².